The van der Waals surface area contributed by atoms with Crippen LogP contribution in [0, 0.1) is 0 Å². The minimum absolute atomic E-state index is 0.0465. The first-order valence-electron chi connectivity index (χ1n) is 11.8. The summed E-state index contributed by atoms with van der Waals surface area (Å²) < 4.78 is 7.89. The zero-order valence-corrected chi connectivity index (χ0v) is 19.3. The van der Waals surface area contributed by atoms with Crippen LogP contribution in [0.5, 0.6) is 5.75 Å². The largest absolute Gasteiger partial charge is 0.491 e. The lowest BCUT2D eigenvalue weighted by Gasteiger charge is -2.19. The molecule has 1 amide bonds. The third-order valence-electron chi connectivity index (χ3n) is 6.41. The van der Waals surface area contributed by atoms with Gasteiger partial charge in [-0.1, -0.05) is 49.4 Å². The number of imidazole rings is 1. The van der Waals surface area contributed by atoms with Gasteiger partial charge in [-0.25, -0.2) is 4.98 Å². The summed E-state index contributed by atoms with van der Waals surface area (Å²) in [5.41, 5.74) is 3.97. The Morgan fingerprint density at radius 1 is 1.03 bits per heavy atom. The Morgan fingerprint density at radius 2 is 1.76 bits per heavy atom. The molecule has 2 heterocycles. The first-order chi connectivity index (χ1) is 16.6. The van der Waals surface area contributed by atoms with Crippen LogP contribution in [0.15, 0.2) is 78.9 Å². The van der Waals surface area contributed by atoms with Crippen LogP contribution in [0.4, 0.5) is 5.69 Å². The summed E-state index contributed by atoms with van der Waals surface area (Å²) in [7, 11) is 0. The molecule has 3 aromatic carbocycles. The molecule has 1 aliphatic rings. The van der Waals surface area contributed by atoms with Gasteiger partial charge >= 0.3 is 0 Å². The number of carbonyl (C=O) groups excluding carboxylic acids is 1. The van der Waals surface area contributed by atoms with E-state index < -0.39 is 6.10 Å². The number of aromatic nitrogens is 2. The van der Waals surface area contributed by atoms with Crippen LogP contribution >= 0.6 is 0 Å². The minimum Gasteiger partial charge on any atom is -0.491 e. The number of nitrogens with zero attached hydrogens (tertiary/aromatic N) is 3. The Bertz CT molecular complexity index is 1270. The number of aryl methyl sites for hydroxylation is 1. The monoisotopic (exact) mass is 455 g/mol. The lowest BCUT2D eigenvalue weighted by molar-refractivity contribution is -0.117. The molecule has 0 spiro atoms. The third kappa shape index (κ3) is 4.54. The van der Waals surface area contributed by atoms with Crippen molar-refractivity contribution in [3.63, 3.8) is 0 Å². The maximum absolute atomic E-state index is 12.8. The molecule has 174 valence electrons. The second kappa shape index (κ2) is 9.69. The summed E-state index contributed by atoms with van der Waals surface area (Å²) in [4.78, 5) is 19.5. The highest BCUT2D eigenvalue weighted by molar-refractivity contribution is 5.96. The van der Waals surface area contributed by atoms with E-state index in [4.69, 9.17) is 9.72 Å². The molecule has 1 fully saturated rings. The third-order valence-corrected chi connectivity index (χ3v) is 6.41. The van der Waals surface area contributed by atoms with Gasteiger partial charge in [-0.05, 0) is 48.4 Å². The molecule has 1 aliphatic heterocycles. The second-order valence-corrected chi connectivity index (χ2v) is 8.77. The average molecular weight is 456 g/mol. The first-order valence-corrected chi connectivity index (χ1v) is 11.8. The number of para-hydroxylation sites is 3. The van der Waals surface area contributed by atoms with E-state index in [0.717, 1.165) is 34.7 Å². The van der Waals surface area contributed by atoms with E-state index in [1.54, 1.807) is 0 Å². The van der Waals surface area contributed by atoms with E-state index in [1.807, 2.05) is 83.8 Å². The lowest BCUT2D eigenvalue weighted by Crippen LogP contribution is -2.26. The maximum Gasteiger partial charge on any atom is 0.227 e. The van der Waals surface area contributed by atoms with E-state index in [1.165, 1.54) is 5.56 Å². The summed E-state index contributed by atoms with van der Waals surface area (Å²) >= 11 is 0. The van der Waals surface area contributed by atoms with Crippen molar-refractivity contribution in [1.82, 2.24) is 9.55 Å². The fourth-order valence-electron chi connectivity index (χ4n) is 4.61. The van der Waals surface area contributed by atoms with E-state index in [2.05, 4.69) is 11.5 Å². The van der Waals surface area contributed by atoms with E-state index in [-0.39, 0.29) is 18.4 Å². The topological polar surface area (TPSA) is 67.6 Å². The molecular formula is C28H29N3O3. The van der Waals surface area contributed by atoms with Crippen molar-refractivity contribution in [1.29, 1.82) is 0 Å². The van der Waals surface area contributed by atoms with E-state index in [0.29, 0.717) is 19.5 Å². The molecule has 0 radical (unpaired) electrons. The van der Waals surface area contributed by atoms with Crippen LogP contribution < -0.4 is 9.64 Å². The Morgan fingerprint density at radius 3 is 2.53 bits per heavy atom. The minimum atomic E-state index is -0.718. The zero-order chi connectivity index (χ0) is 23.5. The number of carbonyl (C=O) groups is 1. The SMILES string of the molecule is CCc1ccc(OC[C@@H](O)Cn2c([C@@H]3CC(=O)N(c4ccccc4)C3)nc3ccccc32)cc1. The summed E-state index contributed by atoms with van der Waals surface area (Å²) in [6.07, 6.45) is 0.656. The molecule has 0 saturated carbocycles. The van der Waals surface area contributed by atoms with Crippen molar-refractivity contribution in [2.45, 2.75) is 38.3 Å². The summed E-state index contributed by atoms with van der Waals surface area (Å²) in [6.45, 7) is 3.21. The van der Waals surface area contributed by atoms with Crippen molar-refractivity contribution in [2.75, 3.05) is 18.1 Å². The number of aliphatic hydroxyl groups is 1. The van der Waals surface area contributed by atoms with Crippen LogP contribution in [-0.2, 0) is 17.8 Å². The van der Waals surface area contributed by atoms with Crippen molar-refractivity contribution < 1.29 is 14.6 Å². The van der Waals surface area contributed by atoms with Gasteiger partial charge in [0.1, 0.15) is 24.3 Å². The standard InChI is InChI=1S/C28H29N3O3/c1-2-20-12-14-24(15-13-20)34-19-23(32)18-31-26-11-7-6-10-25(26)29-28(31)21-16-27(33)30(17-21)22-8-4-3-5-9-22/h3-15,21,23,32H,2,16-19H2,1H3/t21-,23+/m1/s1. The van der Waals surface area contributed by atoms with Gasteiger partial charge in [-0.3, -0.25) is 4.79 Å². The van der Waals surface area contributed by atoms with Crippen molar-refractivity contribution in [3.8, 4) is 5.75 Å². The van der Waals surface area contributed by atoms with Crippen LogP contribution in [0.3, 0.4) is 0 Å². The molecule has 0 aliphatic carbocycles. The van der Waals surface area contributed by atoms with Crippen molar-refractivity contribution in [2.24, 2.45) is 0 Å². The van der Waals surface area contributed by atoms with E-state index in [9.17, 15) is 9.90 Å². The molecule has 4 aromatic rings. The van der Waals surface area contributed by atoms with E-state index >= 15 is 0 Å². The number of ether oxygens (including phenoxy) is 1. The smallest absolute Gasteiger partial charge is 0.227 e. The van der Waals surface area contributed by atoms with Gasteiger partial charge in [0, 0.05) is 24.6 Å². The molecular weight excluding hydrogens is 426 g/mol. The predicted molar refractivity (Wildman–Crippen MR) is 133 cm³/mol. The highest BCUT2D eigenvalue weighted by Gasteiger charge is 2.35. The average Bonchev–Trinajstić information content (AvgIpc) is 3.44. The number of benzene rings is 3. The molecule has 0 unspecified atom stereocenters. The quantitative estimate of drug-likeness (QED) is 0.423. The molecule has 34 heavy (non-hydrogen) atoms. The zero-order valence-electron chi connectivity index (χ0n) is 19.3. The first kappa shape index (κ1) is 22.2. The summed E-state index contributed by atoms with van der Waals surface area (Å²) in [6, 6.07) is 25.6. The molecule has 1 N–H and O–H groups in total. The van der Waals surface area contributed by atoms with Crippen LogP contribution in [0.25, 0.3) is 11.0 Å². The summed E-state index contributed by atoms with van der Waals surface area (Å²) in [5, 5.41) is 10.8. The highest BCUT2D eigenvalue weighted by atomic mass is 16.5. The number of fused-ring (bicyclic) bond motifs is 1. The van der Waals surface area contributed by atoms with Crippen molar-refractivity contribution in [3.05, 3.63) is 90.3 Å². The number of anilines is 1. The number of rotatable bonds is 8. The van der Waals surface area contributed by atoms with Gasteiger partial charge in [0.2, 0.25) is 5.91 Å². The number of hydrogen-bond acceptors (Lipinski definition) is 4. The van der Waals surface area contributed by atoms with Gasteiger partial charge in [0.15, 0.2) is 0 Å². The number of hydrogen-bond donors (Lipinski definition) is 1. The summed E-state index contributed by atoms with van der Waals surface area (Å²) in [5.74, 6) is 1.62. The molecule has 1 saturated heterocycles. The molecule has 6 heteroatoms. The van der Waals surface area contributed by atoms with Gasteiger partial charge < -0.3 is 19.3 Å². The molecule has 6 nitrogen and oxygen atoms in total. The number of amides is 1. The molecule has 5 rings (SSSR count). The Kier molecular flexibility index (Phi) is 6.32. The van der Waals surface area contributed by atoms with Crippen LogP contribution in [-0.4, -0.2) is 39.8 Å². The highest BCUT2D eigenvalue weighted by Crippen LogP contribution is 2.33. The fourth-order valence-corrected chi connectivity index (χ4v) is 4.61. The second-order valence-electron chi connectivity index (χ2n) is 8.77. The van der Waals surface area contributed by atoms with Crippen LogP contribution in [0.1, 0.15) is 30.7 Å². The predicted octanol–water partition coefficient (Wildman–Crippen LogP) is 4.56. The Balaban J connectivity index is 1.35. The van der Waals surface area contributed by atoms with Gasteiger partial charge in [-0.2, -0.15) is 0 Å². The van der Waals surface area contributed by atoms with Gasteiger partial charge in [0.25, 0.3) is 0 Å². The maximum atomic E-state index is 12.8. The fraction of sp³-hybridized carbons (Fsp3) is 0.286. The number of aliphatic hydroxyl groups excluding tert-OH is 1. The van der Waals surface area contributed by atoms with Gasteiger partial charge in [-0.15, -0.1) is 0 Å². The molecule has 0 bridgehead atoms. The molecule has 1 aromatic heterocycles. The normalized spacial score (nSPS) is 16.8. The Hall–Kier alpha value is -3.64. The Labute approximate surface area is 199 Å². The van der Waals surface area contributed by atoms with Crippen molar-refractivity contribution >= 4 is 22.6 Å². The lowest BCUT2D eigenvalue weighted by atomic mass is 10.1. The molecule has 2 atom stereocenters. The van der Waals surface area contributed by atoms with Gasteiger partial charge in [0.05, 0.1) is 17.6 Å². The van der Waals surface area contributed by atoms with Crippen LogP contribution in [0.2, 0.25) is 0 Å².